The third-order valence-electron chi connectivity index (χ3n) is 5.36. The SMILES string of the molecule is CCCCCCC(C)NC(=NC)NCc1ccccc1CS(=O)(=O)N1CCOCC1. The number of guanidine groups is 1. The molecule has 8 heteroatoms. The van der Waals surface area contributed by atoms with E-state index in [0.29, 0.717) is 38.9 Å². The third kappa shape index (κ3) is 8.24. The van der Waals surface area contributed by atoms with E-state index in [1.807, 2.05) is 24.3 Å². The van der Waals surface area contributed by atoms with Crippen molar-refractivity contribution >= 4 is 16.0 Å². The molecule has 1 saturated heterocycles. The molecular weight excluding hydrogens is 400 g/mol. The highest BCUT2D eigenvalue weighted by molar-refractivity contribution is 7.88. The van der Waals surface area contributed by atoms with Crippen LogP contribution in [0, 0.1) is 0 Å². The maximum Gasteiger partial charge on any atom is 0.218 e. The van der Waals surface area contributed by atoms with Gasteiger partial charge in [0.25, 0.3) is 0 Å². The van der Waals surface area contributed by atoms with Gasteiger partial charge < -0.3 is 15.4 Å². The maximum atomic E-state index is 12.8. The van der Waals surface area contributed by atoms with E-state index in [9.17, 15) is 8.42 Å². The van der Waals surface area contributed by atoms with Crippen LogP contribution in [0.5, 0.6) is 0 Å². The number of unbranched alkanes of at least 4 members (excludes halogenated alkanes) is 3. The number of nitrogens with zero attached hydrogens (tertiary/aromatic N) is 2. The molecule has 0 aromatic heterocycles. The van der Waals surface area contributed by atoms with Gasteiger partial charge in [0.2, 0.25) is 10.0 Å². The maximum absolute atomic E-state index is 12.8. The fourth-order valence-corrected chi connectivity index (χ4v) is 5.10. The largest absolute Gasteiger partial charge is 0.379 e. The second-order valence-electron chi connectivity index (χ2n) is 7.86. The van der Waals surface area contributed by atoms with Crippen molar-refractivity contribution in [1.29, 1.82) is 0 Å². The van der Waals surface area contributed by atoms with Crippen LogP contribution in [0.15, 0.2) is 29.3 Å². The molecule has 1 atom stereocenters. The molecule has 1 aliphatic heterocycles. The van der Waals surface area contributed by atoms with Crippen LogP contribution < -0.4 is 10.6 Å². The molecule has 1 aliphatic rings. The molecule has 2 N–H and O–H groups in total. The summed E-state index contributed by atoms with van der Waals surface area (Å²) in [6, 6.07) is 8.03. The summed E-state index contributed by atoms with van der Waals surface area (Å²) < 4.78 is 32.4. The summed E-state index contributed by atoms with van der Waals surface area (Å²) in [5, 5.41) is 6.77. The van der Waals surface area contributed by atoms with Gasteiger partial charge in [0.15, 0.2) is 5.96 Å². The van der Waals surface area contributed by atoms with Crippen molar-refractivity contribution in [3.63, 3.8) is 0 Å². The van der Waals surface area contributed by atoms with Crippen molar-refractivity contribution in [2.75, 3.05) is 33.4 Å². The lowest BCUT2D eigenvalue weighted by Crippen LogP contribution is -2.42. The fourth-order valence-electron chi connectivity index (χ4n) is 3.54. The zero-order valence-corrected chi connectivity index (χ0v) is 19.5. The molecule has 1 aromatic rings. The van der Waals surface area contributed by atoms with Gasteiger partial charge in [-0.1, -0.05) is 56.9 Å². The Kier molecular flexibility index (Phi) is 10.6. The van der Waals surface area contributed by atoms with E-state index in [2.05, 4.69) is 29.5 Å². The van der Waals surface area contributed by atoms with Crippen LogP contribution in [-0.2, 0) is 27.1 Å². The highest BCUT2D eigenvalue weighted by Crippen LogP contribution is 2.16. The lowest BCUT2D eigenvalue weighted by atomic mass is 10.1. The van der Waals surface area contributed by atoms with Crippen LogP contribution in [0.1, 0.15) is 57.1 Å². The summed E-state index contributed by atoms with van der Waals surface area (Å²) >= 11 is 0. The standard InChI is InChI=1S/C22H38N4O3S/c1-4-5-6-7-10-19(2)25-22(23-3)24-17-20-11-8-9-12-21(20)18-30(27,28)26-13-15-29-16-14-26/h8-9,11-12,19H,4-7,10,13-18H2,1-3H3,(H2,23,24,25). The number of sulfonamides is 1. The molecule has 0 radical (unpaired) electrons. The Labute approximate surface area is 182 Å². The molecule has 7 nitrogen and oxygen atoms in total. The number of nitrogens with one attached hydrogen (secondary N) is 2. The molecule has 2 rings (SSSR count). The number of hydrogen-bond donors (Lipinski definition) is 2. The molecule has 0 spiro atoms. The van der Waals surface area contributed by atoms with E-state index >= 15 is 0 Å². The van der Waals surface area contributed by atoms with Crippen molar-refractivity contribution < 1.29 is 13.2 Å². The normalized spacial score (nSPS) is 17.0. The molecule has 1 fully saturated rings. The van der Waals surface area contributed by atoms with Crippen molar-refractivity contribution in [3.05, 3.63) is 35.4 Å². The van der Waals surface area contributed by atoms with E-state index in [1.165, 1.54) is 30.0 Å². The van der Waals surface area contributed by atoms with Crippen LogP contribution in [0.25, 0.3) is 0 Å². The van der Waals surface area contributed by atoms with Crippen molar-refractivity contribution in [2.24, 2.45) is 4.99 Å². The number of morpholine rings is 1. The van der Waals surface area contributed by atoms with Crippen LogP contribution in [0.4, 0.5) is 0 Å². The predicted molar refractivity (Wildman–Crippen MR) is 123 cm³/mol. The molecule has 0 bridgehead atoms. The Hall–Kier alpha value is -1.64. The van der Waals surface area contributed by atoms with E-state index in [4.69, 9.17) is 4.74 Å². The number of hydrogen-bond acceptors (Lipinski definition) is 4. The third-order valence-corrected chi connectivity index (χ3v) is 7.19. The Morgan fingerprint density at radius 3 is 2.53 bits per heavy atom. The first-order valence-corrected chi connectivity index (χ1v) is 12.7. The van der Waals surface area contributed by atoms with Crippen molar-refractivity contribution in [1.82, 2.24) is 14.9 Å². The zero-order chi connectivity index (χ0) is 21.8. The lowest BCUT2D eigenvalue weighted by Gasteiger charge is -2.26. The second-order valence-corrected chi connectivity index (χ2v) is 9.83. The van der Waals surface area contributed by atoms with Gasteiger partial charge in [-0.3, -0.25) is 4.99 Å². The minimum Gasteiger partial charge on any atom is -0.379 e. The molecule has 1 heterocycles. The van der Waals surface area contributed by atoms with Crippen LogP contribution in [0.3, 0.4) is 0 Å². The van der Waals surface area contributed by atoms with Gasteiger partial charge in [-0.05, 0) is 24.5 Å². The summed E-state index contributed by atoms with van der Waals surface area (Å²) in [6.45, 7) is 6.68. The quantitative estimate of drug-likeness (QED) is 0.315. The fraction of sp³-hybridized carbons (Fsp3) is 0.682. The molecule has 30 heavy (non-hydrogen) atoms. The Morgan fingerprint density at radius 2 is 1.87 bits per heavy atom. The molecule has 0 saturated carbocycles. The van der Waals surface area contributed by atoms with Crippen molar-refractivity contribution in [2.45, 2.75) is 64.3 Å². The molecule has 170 valence electrons. The first-order chi connectivity index (χ1) is 14.5. The Bertz CT molecular complexity index is 761. The monoisotopic (exact) mass is 438 g/mol. The molecule has 0 amide bonds. The lowest BCUT2D eigenvalue weighted by molar-refractivity contribution is 0.0729. The zero-order valence-electron chi connectivity index (χ0n) is 18.7. The summed E-state index contributed by atoms with van der Waals surface area (Å²) in [7, 11) is -1.60. The number of benzene rings is 1. The Morgan fingerprint density at radius 1 is 1.17 bits per heavy atom. The van der Waals surface area contributed by atoms with Crippen LogP contribution >= 0.6 is 0 Å². The first kappa shape index (κ1) is 24.6. The van der Waals surface area contributed by atoms with Gasteiger partial charge in [-0.2, -0.15) is 4.31 Å². The molecular formula is C22H38N4O3S. The van der Waals surface area contributed by atoms with Gasteiger partial charge in [0.05, 0.1) is 19.0 Å². The molecule has 1 unspecified atom stereocenters. The van der Waals surface area contributed by atoms with Crippen molar-refractivity contribution in [3.8, 4) is 0 Å². The Balaban J connectivity index is 1.92. The van der Waals surface area contributed by atoms with Gasteiger partial charge in [0, 0.05) is 32.7 Å². The summed E-state index contributed by atoms with van der Waals surface area (Å²) in [5.74, 6) is 0.744. The van der Waals surface area contributed by atoms with Crippen LogP contribution in [0.2, 0.25) is 0 Å². The van der Waals surface area contributed by atoms with E-state index in [-0.39, 0.29) is 5.75 Å². The number of aliphatic imine (C=N–C) groups is 1. The smallest absolute Gasteiger partial charge is 0.218 e. The van der Waals surface area contributed by atoms with E-state index in [1.54, 1.807) is 7.05 Å². The highest BCUT2D eigenvalue weighted by Gasteiger charge is 2.25. The summed E-state index contributed by atoms with van der Waals surface area (Å²) in [6.07, 6.45) is 6.10. The number of ether oxygens (including phenoxy) is 1. The number of rotatable bonds is 11. The minimum atomic E-state index is -3.36. The summed E-state index contributed by atoms with van der Waals surface area (Å²) in [4.78, 5) is 4.32. The average Bonchev–Trinajstić information content (AvgIpc) is 2.75. The average molecular weight is 439 g/mol. The van der Waals surface area contributed by atoms with Gasteiger partial charge in [0.1, 0.15) is 0 Å². The van der Waals surface area contributed by atoms with Gasteiger partial charge in [-0.15, -0.1) is 0 Å². The highest BCUT2D eigenvalue weighted by atomic mass is 32.2. The summed E-state index contributed by atoms with van der Waals surface area (Å²) in [5.41, 5.74) is 1.78. The van der Waals surface area contributed by atoms with Crippen LogP contribution in [-0.4, -0.2) is 58.1 Å². The molecule has 0 aliphatic carbocycles. The van der Waals surface area contributed by atoms with E-state index in [0.717, 1.165) is 23.5 Å². The molecule has 1 aromatic carbocycles. The minimum absolute atomic E-state index is 0.00468. The van der Waals surface area contributed by atoms with Gasteiger partial charge >= 0.3 is 0 Å². The van der Waals surface area contributed by atoms with Gasteiger partial charge in [-0.25, -0.2) is 8.42 Å². The first-order valence-electron chi connectivity index (χ1n) is 11.1. The second kappa shape index (κ2) is 12.9. The van der Waals surface area contributed by atoms with E-state index < -0.39 is 10.0 Å². The predicted octanol–water partition coefficient (Wildman–Crippen LogP) is 2.87. The topological polar surface area (TPSA) is 83.0 Å².